The summed E-state index contributed by atoms with van der Waals surface area (Å²) in [4.78, 5) is 18.8. The highest BCUT2D eigenvalue weighted by molar-refractivity contribution is 7.98. The molecule has 0 aliphatic carbocycles. The van der Waals surface area contributed by atoms with Crippen LogP contribution in [-0.2, 0) is 10.5 Å². The van der Waals surface area contributed by atoms with Gasteiger partial charge in [-0.1, -0.05) is 29.8 Å². The van der Waals surface area contributed by atoms with Crippen LogP contribution in [0.5, 0.6) is 0 Å². The summed E-state index contributed by atoms with van der Waals surface area (Å²) in [6, 6.07) is 14.1. The quantitative estimate of drug-likeness (QED) is 0.509. The normalized spacial score (nSPS) is 14.3. The molecule has 1 saturated heterocycles. The highest BCUT2D eigenvalue weighted by atomic mass is 32.2. The van der Waals surface area contributed by atoms with Crippen LogP contribution in [0.2, 0.25) is 0 Å². The Hall–Kier alpha value is -3.18. The molecule has 0 saturated carbocycles. The number of carbonyl (C=O) groups is 1. The van der Waals surface area contributed by atoms with Gasteiger partial charge in [-0.05, 0) is 37.5 Å². The summed E-state index contributed by atoms with van der Waals surface area (Å²) in [6.45, 7) is 4.04. The summed E-state index contributed by atoms with van der Waals surface area (Å²) in [6.07, 6.45) is 2.96. The molecule has 4 rings (SSSR count). The van der Waals surface area contributed by atoms with Gasteiger partial charge in [-0.3, -0.25) is 4.79 Å². The first-order valence-electron chi connectivity index (χ1n) is 10.7. The molecule has 1 aliphatic heterocycles. The van der Waals surface area contributed by atoms with E-state index in [1.165, 1.54) is 17.4 Å². The van der Waals surface area contributed by atoms with Crippen LogP contribution < -0.4 is 10.2 Å². The maximum absolute atomic E-state index is 12.6. The van der Waals surface area contributed by atoms with E-state index >= 15 is 0 Å². The molecule has 0 radical (unpaired) electrons. The van der Waals surface area contributed by atoms with Crippen LogP contribution in [0.25, 0.3) is 11.7 Å². The van der Waals surface area contributed by atoms with Gasteiger partial charge in [-0.15, -0.1) is 0 Å². The molecule has 7 nitrogen and oxygen atoms in total. The number of thioether (sulfide) groups is 1. The number of carbonyl (C=O) groups excluding carboxylic acids is 1. The van der Waals surface area contributed by atoms with Crippen molar-refractivity contribution in [2.24, 2.45) is 5.92 Å². The van der Waals surface area contributed by atoms with Crippen molar-refractivity contribution < 1.29 is 13.6 Å². The van der Waals surface area contributed by atoms with E-state index in [1.807, 2.05) is 16.7 Å². The number of nitrogens with one attached hydrogen (secondary N) is 1. The maximum atomic E-state index is 12.6. The van der Waals surface area contributed by atoms with Crippen LogP contribution in [-0.4, -0.2) is 36.3 Å². The lowest BCUT2D eigenvalue weighted by Crippen LogP contribution is -2.41. The van der Waals surface area contributed by atoms with E-state index in [9.17, 15) is 10.1 Å². The van der Waals surface area contributed by atoms with E-state index in [-0.39, 0.29) is 17.5 Å². The van der Waals surface area contributed by atoms with E-state index in [1.54, 1.807) is 12.1 Å². The van der Waals surface area contributed by atoms with Crippen molar-refractivity contribution in [2.75, 3.05) is 30.3 Å². The van der Waals surface area contributed by atoms with Crippen molar-refractivity contribution >= 4 is 23.6 Å². The fourth-order valence-electron chi connectivity index (χ4n) is 3.71. The largest absolute Gasteiger partial charge is 0.459 e. The molecule has 8 heteroatoms. The molecule has 166 valence electrons. The number of nitriles is 1. The fourth-order valence-corrected chi connectivity index (χ4v) is 4.53. The number of amides is 1. The van der Waals surface area contributed by atoms with Crippen LogP contribution >= 0.6 is 11.8 Å². The number of piperidine rings is 1. The van der Waals surface area contributed by atoms with E-state index in [0.717, 1.165) is 11.5 Å². The SMILES string of the molecule is Cc1ccc(CSCCNC(=O)C2CCN(c3oc(-c4ccco4)nc3C#N)CC2)cc1. The predicted octanol–water partition coefficient (Wildman–Crippen LogP) is 4.38. The molecule has 0 bridgehead atoms. The summed E-state index contributed by atoms with van der Waals surface area (Å²) in [5.41, 5.74) is 2.81. The van der Waals surface area contributed by atoms with Gasteiger partial charge in [0.2, 0.25) is 17.5 Å². The van der Waals surface area contributed by atoms with Crippen LogP contribution in [0.1, 0.15) is 29.7 Å². The van der Waals surface area contributed by atoms with Gasteiger partial charge in [-0.2, -0.15) is 22.0 Å². The number of benzene rings is 1. The first kappa shape index (κ1) is 22.0. The second-order valence-electron chi connectivity index (χ2n) is 7.85. The smallest absolute Gasteiger partial charge is 0.266 e. The number of hydrogen-bond donors (Lipinski definition) is 1. The van der Waals surface area contributed by atoms with E-state index < -0.39 is 0 Å². The minimum atomic E-state index is -0.0219. The van der Waals surface area contributed by atoms with Gasteiger partial charge in [0.1, 0.15) is 6.07 Å². The molecule has 1 aliphatic rings. The Bertz CT molecular complexity index is 1060. The molecule has 1 N–H and O–H groups in total. The molecule has 0 atom stereocenters. The zero-order valence-corrected chi connectivity index (χ0v) is 18.9. The lowest BCUT2D eigenvalue weighted by Gasteiger charge is -2.30. The van der Waals surface area contributed by atoms with Crippen LogP contribution in [0.4, 0.5) is 5.88 Å². The van der Waals surface area contributed by atoms with E-state index in [0.29, 0.717) is 50.0 Å². The number of oxazole rings is 1. The monoisotopic (exact) mass is 450 g/mol. The fraction of sp³-hybridized carbons (Fsp3) is 0.375. The number of anilines is 1. The first-order valence-corrected chi connectivity index (χ1v) is 11.9. The Morgan fingerprint density at radius 2 is 2.06 bits per heavy atom. The van der Waals surface area contributed by atoms with Crippen molar-refractivity contribution in [2.45, 2.75) is 25.5 Å². The van der Waals surface area contributed by atoms with E-state index in [4.69, 9.17) is 8.83 Å². The molecule has 32 heavy (non-hydrogen) atoms. The van der Waals surface area contributed by atoms with Crippen molar-refractivity contribution in [1.82, 2.24) is 10.3 Å². The topological polar surface area (TPSA) is 95.3 Å². The number of furan rings is 1. The maximum Gasteiger partial charge on any atom is 0.266 e. The van der Waals surface area contributed by atoms with E-state index in [2.05, 4.69) is 47.6 Å². The summed E-state index contributed by atoms with van der Waals surface area (Å²) in [5, 5.41) is 12.5. The van der Waals surface area contributed by atoms with Crippen molar-refractivity contribution in [3.63, 3.8) is 0 Å². The second kappa shape index (κ2) is 10.4. The molecule has 1 fully saturated rings. The third-order valence-corrected chi connectivity index (χ3v) is 6.57. The number of hydrogen-bond acceptors (Lipinski definition) is 7. The van der Waals surface area contributed by atoms with Gasteiger partial charge < -0.3 is 19.1 Å². The Morgan fingerprint density at radius 1 is 1.28 bits per heavy atom. The predicted molar refractivity (Wildman–Crippen MR) is 124 cm³/mol. The molecule has 1 amide bonds. The molecular weight excluding hydrogens is 424 g/mol. The summed E-state index contributed by atoms with van der Waals surface area (Å²) >= 11 is 1.82. The molecule has 1 aromatic carbocycles. The average Bonchev–Trinajstić information content (AvgIpc) is 3.50. The zero-order valence-electron chi connectivity index (χ0n) is 18.0. The minimum Gasteiger partial charge on any atom is -0.459 e. The standard InChI is InChI=1S/C24H26N4O3S/c1-17-4-6-18(7-5-17)16-32-14-10-26-22(29)19-8-11-28(12-9-19)24-20(15-25)27-23(31-24)21-3-2-13-30-21/h2-7,13,19H,8-12,14,16H2,1H3,(H,26,29). The molecule has 3 aromatic rings. The molecule has 3 heterocycles. The third-order valence-electron chi connectivity index (χ3n) is 5.54. The average molecular weight is 451 g/mol. The third kappa shape index (κ3) is 5.35. The number of nitrogens with zero attached hydrogens (tertiary/aromatic N) is 3. The molecule has 0 spiro atoms. The summed E-state index contributed by atoms with van der Waals surface area (Å²) < 4.78 is 11.1. The number of aromatic nitrogens is 1. The minimum absolute atomic E-state index is 0.0219. The Balaban J connectivity index is 1.21. The van der Waals surface area contributed by atoms with Gasteiger partial charge >= 0.3 is 0 Å². The lowest BCUT2D eigenvalue weighted by atomic mass is 9.96. The molecular formula is C24H26N4O3S. The zero-order chi connectivity index (χ0) is 22.3. The van der Waals surface area contributed by atoms with Crippen molar-refractivity contribution in [3.05, 3.63) is 59.5 Å². The summed E-state index contributed by atoms with van der Waals surface area (Å²) in [5.74, 6) is 3.16. The Morgan fingerprint density at radius 3 is 2.75 bits per heavy atom. The highest BCUT2D eigenvalue weighted by Crippen LogP contribution is 2.31. The first-order chi connectivity index (χ1) is 15.6. The van der Waals surface area contributed by atoms with Crippen molar-refractivity contribution in [3.8, 4) is 17.7 Å². The van der Waals surface area contributed by atoms with Gasteiger partial charge in [0.15, 0.2) is 5.76 Å². The molecule has 2 aromatic heterocycles. The van der Waals surface area contributed by atoms with Gasteiger partial charge in [0.25, 0.3) is 5.89 Å². The Kier molecular flexibility index (Phi) is 7.17. The lowest BCUT2D eigenvalue weighted by molar-refractivity contribution is -0.125. The van der Waals surface area contributed by atoms with Crippen LogP contribution in [0.15, 0.2) is 51.5 Å². The highest BCUT2D eigenvalue weighted by Gasteiger charge is 2.29. The number of aryl methyl sites for hydroxylation is 1. The molecule has 0 unspecified atom stereocenters. The number of rotatable bonds is 8. The Labute approximate surface area is 191 Å². The van der Waals surface area contributed by atoms with Gasteiger partial charge in [-0.25, -0.2) is 0 Å². The van der Waals surface area contributed by atoms with Crippen LogP contribution in [0, 0.1) is 24.2 Å². The summed E-state index contributed by atoms with van der Waals surface area (Å²) in [7, 11) is 0. The second-order valence-corrected chi connectivity index (χ2v) is 8.96. The van der Waals surface area contributed by atoms with Crippen LogP contribution in [0.3, 0.4) is 0 Å². The van der Waals surface area contributed by atoms with Gasteiger partial charge in [0, 0.05) is 37.1 Å². The van der Waals surface area contributed by atoms with Crippen molar-refractivity contribution in [1.29, 1.82) is 5.26 Å². The van der Waals surface area contributed by atoms with Gasteiger partial charge in [0.05, 0.1) is 6.26 Å².